The maximum absolute atomic E-state index is 2.26. The standard InChI is InChI=1S/C15H17N2/c1-4-14-10-17-9-13-7-11(2)5-6-12(13)8-15(17)16(14)3/h5-10H,4H2,1-3H3/q+1. The number of rotatable bonds is 1. The number of aromatic nitrogens is 2. The van der Waals surface area contributed by atoms with Gasteiger partial charge in [0, 0.05) is 17.9 Å². The summed E-state index contributed by atoms with van der Waals surface area (Å²) in [6.07, 6.45) is 5.50. The molecule has 3 aromatic rings. The van der Waals surface area contributed by atoms with Gasteiger partial charge in [-0.3, -0.25) is 0 Å². The van der Waals surface area contributed by atoms with Crippen molar-refractivity contribution in [1.82, 2.24) is 4.57 Å². The number of hydrogen-bond acceptors (Lipinski definition) is 0. The van der Waals surface area contributed by atoms with Crippen LogP contribution in [0.15, 0.2) is 36.7 Å². The first-order chi connectivity index (χ1) is 8.19. The van der Waals surface area contributed by atoms with Gasteiger partial charge in [0.05, 0.1) is 7.05 Å². The number of nitrogens with zero attached hydrogens (tertiary/aromatic N) is 2. The first-order valence-corrected chi connectivity index (χ1v) is 6.09. The van der Waals surface area contributed by atoms with Gasteiger partial charge in [0.15, 0.2) is 0 Å². The Balaban J connectivity index is 2.41. The van der Waals surface area contributed by atoms with Crippen LogP contribution in [-0.2, 0) is 13.5 Å². The largest absolute Gasteiger partial charge is 0.286 e. The topological polar surface area (TPSA) is 9.03 Å². The van der Waals surface area contributed by atoms with Crippen molar-refractivity contribution in [2.75, 3.05) is 0 Å². The van der Waals surface area contributed by atoms with Gasteiger partial charge in [0.25, 0.3) is 5.65 Å². The van der Waals surface area contributed by atoms with Crippen LogP contribution in [0.1, 0.15) is 18.2 Å². The Labute approximate surface area is 101 Å². The van der Waals surface area contributed by atoms with Gasteiger partial charge >= 0.3 is 0 Å². The molecule has 0 aliphatic carbocycles. The van der Waals surface area contributed by atoms with E-state index in [1.807, 2.05) is 0 Å². The molecular weight excluding hydrogens is 208 g/mol. The molecule has 0 saturated carbocycles. The molecule has 0 atom stereocenters. The van der Waals surface area contributed by atoms with Crippen molar-refractivity contribution in [1.29, 1.82) is 0 Å². The quantitative estimate of drug-likeness (QED) is 0.563. The van der Waals surface area contributed by atoms with Crippen LogP contribution in [-0.4, -0.2) is 4.57 Å². The highest BCUT2D eigenvalue weighted by atomic mass is 15.1. The van der Waals surface area contributed by atoms with E-state index >= 15 is 0 Å². The summed E-state index contributed by atoms with van der Waals surface area (Å²) >= 11 is 0. The smallest absolute Gasteiger partial charge is 0.230 e. The van der Waals surface area contributed by atoms with Crippen LogP contribution >= 0.6 is 0 Å². The van der Waals surface area contributed by atoms with Gasteiger partial charge in [0.2, 0.25) is 0 Å². The summed E-state index contributed by atoms with van der Waals surface area (Å²) < 4.78 is 4.49. The van der Waals surface area contributed by atoms with E-state index in [2.05, 4.69) is 66.5 Å². The van der Waals surface area contributed by atoms with Crippen LogP contribution < -0.4 is 4.40 Å². The zero-order valence-electron chi connectivity index (χ0n) is 10.6. The van der Waals surface area contributed by atoms with E-state index in [1.54, 1.807) is 0 Å². The average molecular weight is 225 g/mol. The van der Waals surface area contributed by atoms with Crippen LogP contribution in [0, 0.1) is 6.92 Å². The normalized spacial score (nSPS) is 11.5. The number of benzene rings is 1. The Morgan fingerprint density at radius 1 is 1.12 bits per heavy atom. The minimum atomic E-state index is 1.06. The summed E-state index contributed by atoms with van der Waals surface area (Å²) in [6.45, 7) is 4.33. The second kappa shape index (κ2) is 3.59. The number of pyridine rings is 1. The Morgan fingerprint density at radius 2 is 1.94 bits per heavy atom. The highest BCUT2D eigenvalue weighted by molar-refractivity contribution is 5.83. The van der Waals surface area contributed by atoms with Crippen molar-refractivity contribution in [2.45, 2.75) is 20.3 Å². The lowest BCUT2D eigenvalue weighted by atomic mass is 10.1. The van der Waals surface area contributed by atoms with Crippen LogP contribution in [0.4, 0.5) is 0 Å². The van der Waals surface area contributed by atoms with Crippen LogP contribution in [0.5, 0.6) is 0 Å². The van der Waals surface area contributed by atoms with Gasteiger partial charge in [0.1, 0.15) is 18.1 Å². The summed E-state index contributed by atoms with van der Waals surface area (Å²) in [5, 5.41) is 2.61. The van der Waals surface area contributed by atoms with Crippen molar-refractivity contribution < 1.29 is 4.40 Å². The van der Waals surface area contributed by atoms with Crippen molar-refractivity contribution >= 4 is 16.4 Å². The molecule has 2 nitrogen and oxygen atoms in total. The minimum Gasteiger partial charge on any atom is -0.230 e. The summed E-state index contributed by atoms with van der Waals surface area (Å²) in [6, 6.07) is 8.86. The third-order valence-electron chi connectivity index (χ3n) is 3.49. The van der Waals surface area contributed by atoms with E-state index in [0.717, 1.165) is 6.42 Å². The molecule has 0 saturated heterocycles. The molecule has 86 valence electrons. The summed E-state index contributed by atoms with van der Waals surface area (Å²) in [7, 11) is 2.13. The summed E-state index contributed by atoms with van der Waals surface area (Å²) in [4.78, 5) is 0. The summed E-state index contributed by atoms with van der Waals surface area (Å²) in [5.74, 6) is 0. The Morgan fingerprint density at radius 3 is 2.71 bits per heavy atom. The zero-order chi connectivity index (χ0) is 12.0. The third-order valence-corrected chi connectivity index (χ3v) is 3.49. The molecular formula is C15H17N2+. The number of imidazole rings is 1. The fraction of sp³-hybridized carbons (Fsp3) is 0.267. The minimum absolute atomic E-state index is 1.06. The molecule has 17 heavy (non-hydrogen) atoms. The lowest BCUT2D eigenvalue weighted by molar-refractivity contribution is -0.509. The van der Waals surface area contributed by atoms with Crippen molar-refractivity contribution in [3.05, 3.63) is 47.9 Å². The highest BCUT2D eigenvalue weighted by Crippen LogP contribution is 2.16. The van der Waals surface area contributed by atoms with Gasteiger partial charge in [-0.1, -0.05) is 24.6 Å². The van der Waals surface area contributed by atoms with Crippen molar-refractivity contribution in [3.63, 3.8) is 0 Å². The molecule has 0 aliphatic heterocycles. The van der Waals surface area contributed by atoms with Crippen LogP contribution in [0.2, 0.25) is 0 Å². The Hall–Kier alpha value is -1.83. The molecule has 0 radical (unpaired) electrons. The summed E-state index contributed by atoms with van der Waals surface area (Å²) in [5.41, 5.74) is 3.92. The molecule has 2 aromatic heterocycles. The second-order valence-corrected chi connectivity index (χ2v) is 4.70. The predicted octanol–water partition coefficient (Wildman–Crippen LogP) is 2.79. The van der Waals surface area contributed by atoms with Crippen LogP contribution in [0.3, 0.4) is 0 Å². The SMILES string of the molecule is CCc1c[n+]2cc3cc(C)ccc3cc2n1C. The third kappa shape index (κ3) is 1.52. The van der Waals surface area contributed by atoms with E-state index in [-0.39, 0.29) is 0 Å². The lowest BCUT2D eigenvalue weighted by Crippen LogP contribution is -2.18. The van der Waals surface area contributed by atoms with Crippen molar-refractivity contribution in [2.24, 2.45) is 7.05 Å². The van der Waals surface area contributed by atoms with Gasteiger partial charge < -0.3 is 0 Å². The molecule has 0 aliphatic rings. The molecule has 0 bridgehead atoms. The molecule has 1 aromatic carbocycles. The first kappa shape index (κ1) is 10.3. The molecule has 0 fully saturated rings. The van der Waals surface area contributed by atoms with E-state index < -0.39 is 0 Å². The predicted molar refractivity (Wildman–Crippen MR) is 70.2 cm³/mol. The van der Waals surface area contributed by atoms with Gasteiger partial charge in [-0.2, -0.15) is 0 Å². The number of hydrogen-bond donors (Lipinski definition) is 0. The monoisotopic (exact) mass is 225 g/mol. The zero-order valence-corrected chi connectivity index (χ0v) is 10.6. The van der Waals surface area contributed by atoms with E-state index in [4.69, 9.17) is 0 Å². The van der Waals surface area contributed by atoms with E-state index in [0.29, 0.717) is 0 Å². The molecule has 0 unspecified atom stereocenters. The first-order valence-electron chi connectivity index (χ1n) is 6.09. The Kier molecular flexibility index (Phi) is 2.18. The van der Waals surface area contributed by atoms with E-state index in [1.165, 1.54) is 27.7 Å². The fourth-order valence-corrected chi connectivity index (χ4v) is 2.46. The van der Waals surface area contributed by atoms with Crippen LogP contribution in [0.25, 0.3) is 16.4 Å². The number of fused-ring (bicyclic) bond motifs is 2. The molecule has 0 N–H and O–H groups in total. The second-order valence-electron chi connectivity index (χ2n) is 4.70. The lowest BCUT2D eigenvalue weighted by Gasteiger charge is -1.98. The maximum Gasteiger partial charge on any atom is 0.286 e. The van der Waals surface area contributed by atoms with Gasteiger partial charge in [-0.15, -0.1) is 0 Å². The molecule has 0 spiro atoms. The Bertz CT molecular complexity index is 708. The van der Waals surface area contributed by atoms with Crippen molar-refractivity contribution in [3.8, 4) is 0 Å². The molecule has 3 rings (SSSR count). The number of aryl methyl sites for hydroxylation is 3. The average Bonchev–Trinajstić information content (AvgIpc) is 2.63. The van der Waals surface area contributed by atoms with E-state index in [9.17, 15) is 0 Å². The molecule has 0 amide bonds. The van der Waals surface area contributed by atoms with Gasteiger partial charge in [-0.25, -0.2) is 8.97 Å². The highest BCUT2D eigenvalue weighted by Gasteiger charge is 2.13. The molecule has 2 heteroatoms. The fourth-order valence-electron chi connectivity index (χ4n) is 2.46. The molecule has 2 heterocycles. The van der Waals surface area contributed by atoms with Gasteiger partial charge in [-0.05, 0) is 18.4 Å². The maximum atomic E-state index is 2.26.